The summed E-state index contributed by atoms with van der Waals surface area (Å²) in [6, 6.07) is 18.6. The van der Waals surface area contributed by atoms with Crippen LogP contribution in [-0.4, -0.2) is 42.4 Å². The Bertz CT molecular complexity index is 841. The first-order valence-corrected chi connectivity index (χ1v) is 11.5. The lowest BCUT2D eigenvalue weighted by Gasteiger charge is -2.31. The monoisotopic (exact) mass is 421 g/mol. The van der Waals surface area contributed by atoms with Crippen molar-refractivity contribution < 1.29 is 9.59 Å². The zero-order valence-electron chi connectivity index (χ0n) is 19.0. The van der Waals surface area contributed by atoms with Crippen LogP contribution >= 0.6 is 0 Å². The van der Waals surface area contributed by atoms with Crippen LogP contribution in [0.3, 0.4) is 0 Å². The number of carbonyl (C=O) groups is 2. The second-order valence-electron chi connectivity index (χ2n) is 8.56. The van der Waals surface area contributed by atoms with Gasteiger partial charge in [-0.25, -0.2) is 0 Å². The van der Waals surface area contributed by atoms with E-state index >= 15 is 0 Å². The predicted octanol–water partition coefficient (Wildman–Crippen LogP) is 4.73. The van der Waals surface area contributed by atoms with Crippen molar-refractivity contribution in [3.63, 3.8) is 0 Å². The van der Waals surface area contributed by atoms with Crippen molar-refractivity contribution in [2.75, 3.05) is 29.9 Å². The van der Waals surface area contributed by atoms with E-state index in [0.717, 1.165) is 37.2 Å². The average molecular weight is 422 g/mol. The van der Waals surface area contributed by atoms with Crippen LogP contribution in [0.5, 0.6) is 0 Å². The van der Waals surface area contributed by atoms with Crippen molar-refractivity contribution in [3.05, 3.63) is 60.2 Å². The van der Waals surface area contributed by atoms with Crippen LogP contribution in [0.1, 0.15) is 45.6 Å². The van der Waals surface area contributed by atoms with E-state index in [9.17, 15) is 9.59 Å². The molecule has 2 aromatic carbocycles. The SMILES string of the molecule is CCN(c1ccc(NC(=O)C2CCN(C(=O)CCc3ccccc3)CC2)cc1)C(C)C. The highest BCUT2D eigenvalue weighted by Crippen LogP contribution is 2.23. The van der Waals surface area contributed by atoms with Gasteiger partial charge in [-0.05, 0) is 69.9 Å². The minimum atomic E-state index is -0.0411. The fourth-order valence-electron chi connectivity index (χ4n) is 4.27. The second-order valence-corrected chi connectivity index (χ2v) is 8.56. The van der Waals surface area contributed by atoms with E-state index in [1.54, 1.807) is 0 Å². The van der Waals surface area contributed by atoms with E-state index < -0.39 is 0 Å². The molecular formula is C26H35N3O2. The van der Waals surface area contributed by atoms with Crippen LogP contribution in [0.2, 0.25) is 0 Å². The van der Waals surface area contributed by atoms with E-state index in [2.05, 4.69) is 55.3 Å². The van der Waals surface area contributed by atoms with Crippen molar-refractivity contribution in [3.8, 4) is 0 Å². The highest BCUT2D eigenvalue weighted by molar-refractivity contribution is 5.93. The Kier molecular flexibility index (Phi) is 8.10. The van der Waals surface area contributed by atoms with Crippen LogP contribution in [0.4, 0.5) is 11.4 Å². The lowest BCUT2D eigenvalue weighted by molar-refractivity contribution is -0.134. The Labute approximate surface area is 186 Å². The Morgan fingerprint density at radius 1 is 1.03 bits per heavy atom. The fraction of sp³-hybridized carbons (Fsp3) is 0.462. The summed E-state index contributed by atoms with van der Waals surface area (Å²) in [5, 5.41) is 3.05. The van der Waals surface area contributed by atoms with E-state index in [-0.39, 0.29) is 17.7 Å². The van der Waals surface area contributed by atoms with E-state index in [1.165, 1.54) is 5.56 Å². The lowest BCUT2D eigenvalue weighted by Crippen LogP contribution is -2.41. The molecular weight excluding hydrogens is 386 g/mol. The molecule has 3 rings (SSSR count). The standard InChI is InChI=1S/C26H35N3O2/c1-4-29(20(2)3)24-13-11-23(12-14-24)27-26(31)22-16-18-28(19-17-22)25(30)15-10-21-8-6-5-7-9-21/h5-9,11-14,20,22H,4,10,15-19H2,1-3H3,(H,27,31). The van der Waals surface area contributed by atoms with Crippen LogP contribution in [0.25, 0.3) is 0 Å². The number of aryl methyl sites for hydroxylation is 1. The maximum atomic E-state index is 12.7. The fourth-order valence-corrected chi connectivity index (χ4v) is 4.27. The summed E-state index contributed by atoms with van der Waals surface area (Å²) in [6.45, 7) is 8.77. The summed E-state index contributed by atoms with van der Waals surface area (Å²) >= 11 is 0. The highest BCUT2D eigenvalue weighted by atomic mass is 16.2. The minimum Gasteiger partial charge on any atom is -0.369 e. The maximum absolute atomic E-state index is 12.7. The van der Waals surface area contributed by atoms with Gasteiger partial charge in [0, 0.05) is 49.4 Å². The third-order valence-electron chi connectivity index (χ3n) is 6.12. The molecule has 0 radical (unpaired) electrons. The molecule has 1 aliphatic heterocycles. The molecule has 31 heavy (non-hydrogen) atoms. The number of nitrogens with zero attached hydrogens (tertiary/aromatic N) is 2. The number of piperidine rings is 1. The molecule has 1 N–H and O–H groups in total. The smallest absolute Gasteiger partial charge is 0.227 e. The van der Waals surface area contributed by atoms with Gasteiger partial charge < -0.3 is 15.1 Å². The van der Waals surface area contributed by atoms with Gasteiger partial charge in [-0.15, -0.1) is 0 Å². The topological polar surface area (TPSA) is 52.7 Å². The number of carbonyl (C=O) groups excluding carboxylic acids is 2. The normalized spacial score (nSPS) is 14.5. The molecule has 1 fully saturated rings. The first-order chi connectivity index (χ1) is 15.0. The van der Waals surface area contributed by atoms with E-state index in [4.69, 9.17) is 0 Å². The molecule has 0 spiro atoms. The third-order valence-corrected chi connectivity index (χ3v) is 6.12. The van der Waals surface area contributed by atoms with Crippen molar-refractivity contribution in [1.29, 1.82) is 0 Å². The van der Waals surface area contributed by atoms with E-state index in [1.807, 2.05) is 35.2 Å². The van der Waals surface area contributed by atoms with Gasteiger partial charge in [0.25, 0.3) is 0 Å². The molecule has 0 atom stereocenters. The summed E-state index contributed by atoms with van der Waals surface area (Å²) in [5.41, 5.74) is 3.18. The van der Waals surface area contributed by atoms with Crippen LogP contribution in [-0.2, 0) is 16.0 Å². The number of likely N-dealkylation sites (tertiary alicyclic amines) is 1. The number of anilines is 2. The minimum absolute atomic E-state index is 0.0411. The molecule has 5 heteroatoms. The number of hydrogen-bond donors (Lipinski definition) is 1. The van der Waals surface area contributed by atoms with Gasteiger partial charge >= 0.3 is 0 Å². The summed E-state index contributed by atoms with van der Waals surface area (Å²) < 4.78 is 0. The van der Waals surface area contributed by atoms with Crippen molar-refractivity contribution in [2.45, 2.75) is 52.5 Å². The highest BCUT2D eigenvalue weighted by Gasteiger charge is 2.27. The van der Waals surface area contributed by atoms with Crippen LogP contribution in [0.15, 0.2) is 54.6 Å². The number of amides is 2. The first kappa shape index (κ1) is 22.9. The Hall–Kier alpha value is -2.82. The molecule has 0 bridgehead atoms. The molecule has 0 aliphatic carbocycles. The van der Waals surface area contributed by atoms with Gasteiger partial charge in [0.1, 0.15) is 0 Å². The Morgan fingerprint density at radius 2 is 1.68 bits per heavy atom. The molecule has 1 heterocycles. The Balaban J connectivity index is 1.45. The third kappa shape index (κ3) is 6.33. The zero-order chi connectivity index (χ0) is 22.2. The molecule has 0 saturated carbocycles. The molecule has 166 valence electrons. The van der Waals surface area contributed by atoms with Gasteiger partial charge in [0.15, 0.2) is 0 Å². The quantitative estimate of drug-likeness (QED) is 0.670. The van der Waals surface area contributed by atoms with Crippen molar-refractivity contribution >= 4 is 23.2 Å². The zero-order valence-corrected chi connectivity index (χ0v) is 19.0. The van der Waals surface area contributed by atoms with Crippen molar-refractivity contribution in [1.82, 2.24) is 4.90 Å². The molecule has 0 aromatic heterocycles. The van der Waals surface area contributed by atoms with Gasteiger partial charge in [0.2, 0.25) is 11.8 Å². The van der Waals surface area contributed by atoms with Gasteiger partial charge in [-0.1, -0.05) is 30.3 Å². The number of hydrogen-bond acceptors (Lipinski definition) is 3. The van der Waals surface area contributed by atoms with E-state index in [0.29, 0.717) is 25.6 Å². The molecule has 1 aliphatic rings. The summed E-state index contributed by atoms with van der Waals surface area (Å²) in [6.07, 6.45) is 2.73. The number of nitrogens with one attached hydrogen (secondary N) is 1. The largest absolute Gasteiger partial charge is 0.369 e. The van der Waals surface area contributed by atoms with Gasteiger partial charge in [-0.2, -0.15) is 0 Å². The Morgan fingerprint density at radius 3 is 2.26 bits per heavy atom. The summed E-state index contributed by atoms with van der Waals surface area (Å²) in [7, 11) is 0. The summed E-state index contributed by atoms with van der Waals surface area (Å²) in [5.74, 6) is 0.199. The van der Waals surface area contributed by atoms with Crippen molar-refractivity contribution in [2.24, 2.45) is 5.92 Å². The predicted molar refractivity (Wildman–Crippen MR) is 127 cm³/mol. The molecule has 5 nitrogen and oxygen atoms in total. The molecule has 0 unspecified atom stereocenters. The first-order valence-electron chi connectivity index (χ1n) is 11.5. The lowest BCUT2D eigenvalue weighted by atomic mass is 9.95. The maximum Gasteiger partial charge on any atom is 0.227 e. The second kappa shape index (κ2) is 11.0. The van der Waals surface area contributed by atoms with Gasteiger partial charge in [-0.3, -0.25) is 9.59 Å². The molecule has 2 amide bonds. The number of benzene rings is 2. The summed E-state index contributed by atoms with van der Waals surface area (Å²) in [4.78, 5) is 29.5. The average Bonchev–Trinajstić information content (AvgIpc) is 2.79. The van der Waals surface area contributed by atoms with Crippen LogP contribution < -0.4 is 10.2 Å². The van der Waals surface area contributed by atoms with Crippen LogP contribution in [0, 0.1) is 5.92 Å². The molecule has 2 aromatic rings. The molecule has 1 saturated heterocycles. The van der Waals surface area contributed by atoms with Gasteiger partial charge in [0.05, 0.1) is 0 Å². The number of rotatable bonds is 8.